The summed E-state index contributed by atoms with van der Waals surface area (Å²) in [5, 5.41) is 0. The number of imidazole rings is 1. The third-order valence-corrected chi connectivity index (χ3v) is 3.86. The molecule has 0 aliphatic carbocycles. The Hall–Kier alpha value is -1.61. The van der Waals surface area contributed by atoms with Crippen molar-refractivity contribution in [3.05, 3.63) is 53.6 Å². The normalized spacial score (nSPS) is 14.5. The number of nitrogens with two attached hydrogens (primary N) is 1. The second kappa shape index (κ2) is 6.23. The zero-order chi connectivity index (χ0) is 14.7. The zero-order valence-corrected chi connectivity index (χ0v) is 12.9. The molecular weight excluding hydrogens is 246 g/mol. The molecule has 0 spiro atoms. The molecule has 20 heavy (non-hydrogen) atoms. The first kappa shape index (κ1) is 14.8. The highest BCUT2D eigenvalue weighted by Crippen LogP contribution is 2.26. The van der Waals surface area contributed by atoms with Crippen molar-refractivity contribution in [2.45, 2.75) is 46.2 Å². The molecule has 0 saturated heterocycles. The molecule has 0 aliphatic heterocycles. The monoisotopic (exact) mass is 271 g/mol. The number of nitrogens with zero attached hydrogens (tertiary/aromatic N) is 2. The van der Waals surface area contributed by atoms with Gasteiger partial charge in [-0.25, -0.2) is 4.98 Å². The van der Waals surface area contributed by atoms with E-state index < -0.39 is 0 Å². The molecule has 0 fully saturated rings. The Morgan fingerprint density at radius 3 is 2.55 bits per heavy atom. The zero-order valence-electron chi connectivity index (χ0n) is 12.9. The molecule has 0 radical (unpaired) electrons. The van der Waals surface area contributed by atoms with Crippen molar-refractivity contribution in [1.82, 2.24) is 9.55 Å². The lowest BCUT2D eigenvalue weighted by atomic mass is 9.99. The summed E-state index contributed by atoms with van der Waals surface area (Å²) in [7, 11) is 0. The van der Waals surface area contributed by atoms with Gasteiger partial charge in [-0.3, -0.25) is 0 Å². The molecule has 1 aromatic heterocycles. The van der Waals surface area contributed by atoms with E-state index in [1.54, 1.807) is 0 Å². The van der Waals surface area contributed by atoms with Crippen molar-refractivity contribution >= 4 is 0 Å². The lowest BCUT2D eigenvalue weighted by Gasteiger charge is -2.22. The molecule has 108 valence electrons. The van der Waals surface area contributed by atoms with Crippen LogP contribution in [0.4, 0.5) is 0 Å². The van der Waals surface area contributed by atoms with Crippen LogP contribution < -0.4 is 5.73 Å². The highest BCUT2D eigenvalue weighted by molar-refractivity contribution is 5.29. The Bertz CT molecular complexity index is 557. The maximum absolute atomic E-state index is 6.33. The fraction of sp³-hybridized carbons (Fsp3) is 0.471. The average molecular weight is 271 g/mol. The molecule has 0 amide bonds. The quantitative estimate of drug-likeness (QED) is 0.897. The summed E-state index contributed by atoms with van der Waals surface area (Å²) in [5.41, 5.74) is 10.1. The summed E-state index contributed by atoms with van der Waals surface area (Å²) < 4.78 is 2.20. The fourth-order valence-electron chi connectivity index (χ4n) is 2.76. The van der Waals surface area contributed by atoms with Crippen molar-refractivity contribution < 1.29 is 0 Å². The van der Waals surface area contributed by atoms with Crippen LogP contribution in [0.3, 0.4) is 0 Å². The Morgan fingerprint density at radius 1 is 1.20 bits per heavy atom. The molecule has 2 rings (SSSR count). The maximum Gasteiger partial charge on any atom is 0.0954 e. The molecule has 0 aliphatic rings. The van der Waals surface area contributed by atoms with Crippen molar-refractivity contribution in [2.24, 2.45) is 11.7 Å². The van der Waals surface area contributed by atoms with Gasteiger partial charge in [-0.1, -0.05) is 38.1 Å². The van der Waals surface area contributed by atoms with Crippen LogP contribution >= 0.6 is 0 Å². The minimum absolute atomic E-state index is 0.0453. The third-order valence-electron chi connectivity index (χ3n) is 3.86. The molecule has 2 atom stereocenters. The fourth-order valence-corrected chi connectivity index (χ4v) is 2.76. The molecule has 0 bridgehead atoms. The Labute approximate surface area is 121 Å². The SMILES string of the molecule is Cc1ccccc1C(C)n1cncc1C(N)CC(C)C. The number of hydrogen-bond acceptors (Lipinski definition) is 2. The second-order valence-electron chi connectivity index (χ2n) is 5.99. The van der Waals surface area contributed by atoms with E-state index >= 15 is 0 Å². The van der Waals surface area contributed by atoms with E-state index in [1.807, 2.05) is 12.5 Å². The summed E-state index contributed by atoms with van der Waals surface area (Å²) in [6.07, 6.45) is 4.78. The molecule has 2 N–H and O–H groups in total. The molecule has 1 heterocycles. The van der Waals surface area contributed by atoms with Crippen LogP contribution in [0.5, 0.6) is 0 Å². The van der Waals surface area contributed by atoms with E-state index in [2.05, 4.69) is 61.5 Å². The van der Waals surface area contributed by atoms with Gasteiger partial charge in [-0.15, -0.1) is 0 Å². The lowest BCUT2D eigenvalue weighted by Crippen LogP contribution is -2.19. The predicted octanol–water partition coefficient (Wildman–Crippen LogP) is 3.85. The summed E-state index contributed by atoms with van der Waals surface area (Å²) in [5.74, 6) is 0.585. The van der Waals surface area contributed by atoms with Gasteiger partial charge in [-0.05, 0) is 37.3 Å². The van der Waals surface area contributed by atoms with Gasteiger partial charge in [0.1, 0.15) is 0 Å². The average Bonchev–Trinajstić information content (AvgIpc) is 2.87. The Balaban J connectivity index is 2.30. The van der Waals surface area contributed by atoms with Crippen LogP contribution in [0.1, 0.15) is 56.1 Å². The summed E-state index contributed by atoms with van der Waals surface area (Å²) in [6.45, 7) is 8.75. The van der Waals surface area contributed by atoms with Crippen molar-refractivity contribution in [3.8, 4) is 0 Å². The van der Waals surface area contributed by atoms with Gasteiger partial charge < -0.3 is 10.3 Å². The van der Waals surface area contributed by atoms with Crippen LogP contribution in [0.15, 0.2) is 36.8 Å². The molecule has 3 heteroatoms. The van der Waals surface area contributed by atoms with E-state index in [0.717, 1.165) is 12.1 Å². The first-order valence-electron chi connectivity index (χ1n) is 7.33. The van der Waals surface area contributed by atoms with E-state index in [9.17, 15) is 0 Å². The summed E-state index contributed by atoms with van der Waals surface area (Å²) >= 11 is 0. The lowest BCUT2D eigenvalue weighted by molar-refractivity contribution is 0.475. The van der Waals surface area contributed by atoms with Gasteiger partial charge >= 0.3 is 0 Å². The van der Waals surface area contributed by atoms with Crippen LogP contribution in [-0.2, 0) is 0 Å². The topological polar surface area (TPSA) is 43.8 Å². The van der Waals surface area contributed by atoms with Crippen LogP contribution in [0.2, 0.25) is 0 Å². The van der Waals surface area contributed by atoms with Crippen LogP contribution in [-0.4, -0.2) is 9.55 Å². The number of aryl methyl sites for hydroxylation is 1. The third kappa shape index (κ3) is 3.10. The van der Waals surface area contributed by atoms with Gasteiger partial charge in [0, 0.05) is 12.2 Å². The molecular formula is C17H25N3. The smallest absolute Gasteiger partial charge is 0.0954 e. The highest BCUT2D eigenvalue weighted by Gasteiger charge is 2.18. The number of hydrogen-bond donors (Lipinski definition) is 1. The van der Waals surface area contributed by atoms with Crippen molar-refractivity contribution in [1.29, 1.82) is 0 Å². The van der Waals surface area contributed by atoms with Crippen LogP contribution in [0, 0.1) is 12.8 Å². The Kier molecular flexibility index (Phi) is 4.61. The van der Waals surface area contributed by atoms with Gasteiger partial charge in [0.05, 0.1) is 18.1 Å². The first-order chi connectivity index (χ1) is 9.50. The standard InChI is InChI=1S/C17H25N3/c1-12(2)9-16(18)17-10-19-11-20(17)14(4)15-8-6-5-7-13(15)3/h5-8,10-12,14,16H,9,18H2,1-4H3. The summed E-state index contributed by atoms with van der Waals surface area (Å²) in [6, 6.07) is 8.79. The van der Waals surface area contributed by atoms with E-state index in [4.69, 9.17) is 5.73 Å². The van der Waals surface area contributed by atoms with Gasteiger partial charge in [0.25, 0.3) is 0 Å². The molecule has 2 aromatic rings. The van der Waals surface area contributed by atoms with Gasteiger partial charge in [0.15, 0.2) is 0 Å². The number of benzene rings is 1. The van der Waals surface area contributed by atoms with Crippen LogP contribution in [0.25, 0.3) is 0 Å². The number of aromatic nitrogens is 2. The van der Waals surface area contributed by atoms with Crippen molar-refractivity contribution in [2.75, 3.05) is 0 Å². The maximum atomic E-state index is 6.33. The molecule has 3 nitrogen and oxygen atoms in total. The van der Waals surface area contributed by atoms with Gasteiger partial charge in [0.2, 0.25) is 0 Å². The van der Waals surface area contributed by atoms with E-state index in [0.29, 0.717) is 5.92 Å². The highest BCUT2D eigenvalue weighted by atomic mass is 15.1. The predicted molar refractivity (Wildman–Crippen MR) is 83.6 cm³/mol. The molecule has 2 unspecified atom stereocenters. The molecule has 0 saturated carbocycles. The first-order valence-corrected chi connectivity index (χ1v) is 7.33. The van der Waals surface area contributed by atoms with E-state index in [1.165, 1.54) is 11.1 Å². The Morgan fingerprint density at radius 2 is 1.90 bits per heavy atom. The van der Waals surface area contributed by atoms with Crippen molar-refractivity contribution in [3.63, 3.8) is 0 Å². The minimum Gasteiger partial charge on any atom is -0.326 e. The molecule has 1 aromatic carbocycles. The largest absolute Gasteiger partial charge is 0.326 e. The summed E-state index contributed by atoms with van der Waals surface area (Å²) in [4.78, 5) is 4.31. The number of rotatable bonds is 5. The van der Waals surface area contributed by atoms with E-state index in [-0.39, 0.29) is 12.1 Å². The minimum atomic E-state index is 0.0453. The second-order valence-corrected chi connectivity index (χ2v) is 5.99. The van der Waals surface area contributed by atoms with Gasteiger partial charge in [-0.2, -0.15) is 0 Å².